The third-order valence-electron chi connectivity index (χ3n) is 2.52. The van der Waals surface area contributed by atoms with Gasteiger partial charge in [-0.3, -0.25) is 4.79 Å². The Morgan fingerprint density at radius 2 is 1.95 bits per heavy atom. The average molecular weight is 321 g/mol. The number of carbonyl (C=O) groups excluding carboxylic acids is 1. The van der Waals surface area contributed by atoms with Crippen LogP contribution < -0.4 is 5.32 Å². The van der Waals surface area contributed by atoms with E-state index < -0.39 is 22.6 Å². The van der Waals surface area contributed by atoms with Crippen molar-refractivity contribution in [3.8, 4) is 11.3 Å². The first-order chi connectivity index (χ1) is 9.34. The van der Waals surface area contributed by atoms with Gasteiger partial charge in [0.05, 0.1) is 0 Å². The maximum atomic E-state index is 13.2. The van der Waals surface area contributed by atoms with Crippen LogP contribution >= 0.6 is 23.2 Å². The predicted octanol–water partition coefficient (Wildman–Crippen LogP) is 3.64. The SMILES string of the molecule is CNC(=O)c1c(-c2ccc(Cl)cc2)noc1C(F)(F)Cl. The first kappa shape index (κ1) is 14.7. The minimum absolute atomic E-state index is 0.0312. The first-order valence-corrected chi connectivity index (χ1v) is 6.15. The highest BCUT2D eigenvalue weighted by Gasteiger charge is 2.40. The van der Waals surface area contributed by atoms with Crippen molar-refractivity contribution in [3.05, 3.63) is 40.6 Å². The first-order valence-electron chi connectivity index (χ1n) is 5.39. The molecule has 4 nitrogen and oxygen atoms in total. The summed E-state index contributed by atoms with van der Waals surface area (Å²) in [5.41, 5.74) is -0.0323. The largest absolute Gasteiger partial charge is 0.383 e. The van der Waals surface area contributed by atoms with Crippen LogP contribution in [0.2, 0.25) is 5.02 Å². The van der Waals surface area contributed by atoms with Gasteiger partial charge in [0.25, 0.3) is 5.91 Å². The Labute approximate surface area is 122 Å². The summed E-state index contributed by atoms with van der Waals surface area (Å²) in [6.07, 6.45) is 0. The van der Waals surface area contributed by atoms with Gasteiger partial charge in [-0.1, -0.05) is 28.9 Å². The zero-order chi connectivity index (χ0) is 14.9. The lowest BCUT2D eigenvalue weighted by atomic mass is 10.1. The second-order valence-corrected chi connectivity index (χ2v) is 4.73. The van der Waals surface area contributed by atoms with E-state index in [1.807, 2.05) is 0 Å². The van der Waals surface area contributed by atoms with Crippen LogP contribution in [0.25, 0.3) is 11.3 Å². The smallest absolute Gasteiger partial charge is 0.355 e. The summed E-state index contributed by atoms with van der Waals surface area (Å²) >= 11 is 10.7. The maximum absolute atomic E-state index is 13.2. The lowest BCUT2D eigenvalue weighted by molar-refractivity contribution is 0.0584. The van der Waals surface area contributed by atoms with Crippen molar-refractivity contribution in [2.45, 2.75) is 5.38 Å². The molecule has 0 atom stereocenters. The van der Waals surface area contributed by atoms with E-state index >= 15 is 0 Å². The summed E-state index contributed by atoms with van der Waals surface area (Å²) in [7, 11) is 1.30. The third-order valence-corrected chi connectivity index (χ3v) is 2.94. The Kier molecular flexibility index (Phi) is 3.96. The number of aromatic nitrogens is 1. The molecule has 0 bridgehead atoms. The molecular weight excluding hydrogens is 313 g/mol. The number of alkyl halides is 3. The van der Waals surface area contributed by atoms with Crippen LogP contribution in [-0.2, 0) is 5.38 Å². The Morgan fingerprint density at radius 3 is 2.45 bits per heavy atom. The Balaban J connectivity index is 2.62. The van der Waals surface area contributed by atoms with Gasteiger partial charge in [0, 0.05) is 17.6 Å². The van der Waals surface area contributed by atoms with Crippen molar-refractivity contribution in [2.75, 3.05) is 7.05 Å². The minimum Gasteiger partial charge on any atom is -0.355 e. The molecule has 0 saturated carbocycles. The number of hydrogen-bond donors (Lipinski definition) is 1. The number of carbonyl (C=O) groups is 1. The van der Waals surface area contributed by atoms with Crippen molar-refractivity contribution < 1.29 is 18.1 Å². The summed E-state index contributed by atoms with van der Waals surface area (Å²) in [6, 6.07) is 6.14. The summed E-state index contributed by atoms with van der Waals surface area (Å²) < 4.78 is 31.0. The van der Waals surface area contributed by atoms with Crippen LogP contribution in [0.5, 0.6) is 0 Å². The van der Waals surface area contributed by atoms with Gasteiger partial charge in [-0.25, -0.2) is 0 Å². The molecule has 20 heavy (non-hydrogen) atoms. The second kappa shape index (κ2) is 5.38. The zero-order valence-electron chi connectivity index (χ0n) is 10.1. The molecule has 8 heteroatoms. The molecule has 1 heterocycles. The lowest BCUT2D eigenvalue weighted by Crippen LogP contribution is -2.21. The van der Waals surface area contributed by atoms with Crippen molar-refractivity contribution >= 4 is 29.1 Å². The summed E-state index contributed by atoms with van der Waals surface area (Å²) in [5.74, 6) is -1.77. The number of halogens is 4. The molecule has 2 aromatic rings. The fourth-order valence-electron chi connectivity index (χ4n) is 1.62. The number of benzene rings is 1. The van der Waals surface area contributed by atoms with E-state index in [0.29, 0.717) is 10.6 Å². The minimum atomic E-state index is -3.83. The van der Waals surface area contributed by atoms with Gasteiger partial charge in [-0.15, -0.1) is 0 Å². The predicted molar refractivity (Wildman–Crippen MR) is 70.1 cm³/mol. The Hall–Kier alpha value is -1.66. The highest BCUT2D eigenvalue weighted by atomic mass is 35.5. The number of hydrogen-bond acceptors (Lipinski definition) is 3. The molecule has 1 aromatic carbocycles. The van der Waals surface area contributed by atoms with E-state index in [1.165, 1.54) is 31.3 Å². The van der Waals surface area contributed by atoms with Gasteiger partial charge in [0.2, 0.25) is 5.76 Å². The van der Waals surface area contributed by atoms with Gasteiger partial charge < -0.3 is 9.84 Å². The van der Waals surface area contributed by atoms with E-state index in [0.717, 1.165) is 0 Å². The van der Waals surface area contributed by atoms with E-state index in [-0.39, 0.29) is 5.69 Å². The molecule has 1 N–H and O–H groups in total. The van der Waals surface area contributed by atoms with E-state index in [9.17, 15) is 13.6 Å². The van der Waals surface area contributed by atoms with Crippen molar-refractivity contribution in [1.29, 1.82) is 0 Å². The van der Waals surface area contributed by atoms with Gasteiger partial charge in [-0.05, 0) is 23.7 Å². The Bertz CT molecular complexity index is 636. The quantitative estimate of drug-likeness (QED) is 0.878. The van der Waals surface area contributed by atoms with E-state index in [1.54, 1.807) is 0 Å². The molecule has 0 spiro atoms. The molecule has 106 valence electrons. The maximum Gasteiger partial charge on any atom is 0.383 e. The number of rotatable bonds is 3. The van der Waals surface area contributed by atoms with Crippen LogP contribution in [0.3, 0.4) is 0 Å². The fourth-order valence-corrected chi connectivity index (χ4v) is 1.88. The van der Waals surface area contributed by atoms with Crippen LogP contribution in [-0.4, -0.2) is 18.1 Å². The highest BCUT2D eigenvalue weighted by molar-refractivity contribution is 6.30. The second-order valence-electron chi connectivity index (χ2n) is 3.82. The van der Waals surface area contributed by atoms with Gasteiger partial charge in [-0.2, -0.15) is 8.78 Å². The molecule has 0 saturated heterocycles. The molecule has 1 aromatic heterocycles. The number of nitrogens with zero attached hydrogens (tertiary/aromatic N) is 1. The molecule has 0 radical (unpaired) electrons. The van der Waals surface area contributed by atoms with E-state index in [4.69, 9.17) is 23.2 Å². The monoisotopic (exact) mass is 320 g/mol. The van der Waals surface area contributed by atoms with Gasteiger partial charge >= 0.3 is 5.38 Å². The molecule has 0 aliphatic heterocycles. The van der Waals surface area contributed by atoms with Gasteiger partial charge in [0.15, 0.2) is 0 Å². The molecule has 1 amide bonds. The standard InChI is InChI=1S/C12H8Cl2F2N2O2/c1-17-11(19)8-9(6-2-4-7(13)5-3-6)18-20-10(8)12(14,15)16/h2-5H,1H3,(H,17,19). The van der Waals surface area contributed by atoms with Crippen LogP contribution in [0, 0.1) is 0 Å². The van der Waals surface area contributed by atoms with Gasteiger partial charge in [0.1, 0.15) is 11.3 Å². The highest BCUT2D eigenvalue weighted by Crippen LogP contribution is 2.38. The van der Waals surface area contributed by atoms with Crippen molar-refractivity contribution in [2.24, 2.45) is 0 Å². The van der Waals surface area contributed by atoms with Crippen LogP contribution in [0.15, 0.2) is 28.8 Å². The molecular formula is C12H8Cl2F2N2O2. The lowest BCUT2D eigenvalue weighted by Gasteiger charge is -2.06. The van der Waals surface area contributed by atoms with E-state index in [2.05, 4.69) is 15.0 Å². The molecule has 0 fully saturated rings. The molecule has 0 aliphatic carbocycles. The average Bonchev–Trinajstić information content (AvgIpc) is 2.83. The molecule has 2 rings (SSSR count). The molecule has 0 unspecified atom stereocenters. The number of amides is 1. The van der Waals surface area contributed by atoms with Crippen LogP contribution in [0.1, 0.15) is 16.1 Å². The molecule has 0 aliphatic rings. The summed E-state index contributed by atoms with van der Waals surface area (Å²) in [4.78, 5) is 11.8. The normalized spacial score (nSPS) is 11.4. The topological polar surface area (TPSA) is 55.1 Å². The zero-order valence-corrected chi connectivity index (χ0v) is 11.6. The third kappa shape index (κ3) is 2.76. The van der Waals surface area contributed by atoms with Crippen molar-refractivity contribution in [1.82, 2.24) is 10.5 Å². The van der Waals surface area contributed by atoms with Crippen molar-refractivity contribution in [3.63, 3.8) is 0 Å². The van der Waals surface area contributed by atoms with Crippen LogP contribution in [0.4, 0.5) is 8.78 Å². The summed E-state index contributed by atoms with van der Waals surface area (Å²) in [6.45, 7) is 0. The Morgan fingerprint density at radius 1 is 1.35 bits per heavy atom. The summed E-state index contributed by atoms with van der Waals surface area (Å²) in [5, 5.41) is 2.38. The fraction of sp³-hybridized carbons (Fsp3) is 0.167. The number of nitrogens with one attached hydrogen (secondary N) is 1.